The molecule has 0 aromatic heterocycles. The summed E-state index contributed by atoms with van der Waals surface area (Å²) in [4.78, 5) is 2.48. The van der Waals surface area contributed by atoms with E-state index in [1.54, 1.807) is 0 Å². The fourth-order valence-corrected chi connectivity index (χ4v) is 4.71. The van der Waals surface area contributed by atoms with E-state index in [1.807, 2.05) is 12.1 Å². The lowest BCUT2D eigenvalue weighted by atomic mass is 9.94. The van der Waals surface area contributed by atoms with Crippen molar-refractivity contribution in [1.29, 1.82) is 0 Å². The third-order valence-corrected chi connectivity index (χ3v) is 6.54. The SMILES string of the molecule is CCCCCCN(CCCCCC)CC(O)c1cc2ccc(Cl)cc2c2ccccc12. The van der Waals surface area contributed by atoms with E-state index in [-0.39, 0.29) is 0 Å². The minimum absolute atomic E-state index is 0.498. The van der Waals surface area contributed by atoms with Crippen LogP contribution in [0.1, 0.15) is 76.9 Å². The van der Waals surface area contributed by atoms with Gasteiger partial charge in [-0.25, -0.2) is 0 Å². The second-order valence-corrected chi connectivity index (χ2v) is 9.25. The van der Waals surface area contributed by atoms with Crippen molar-refractivity contribution in [1.82, 2.24) is 4.90 Å². The molecule has 3 heteroatoms. The van der Waals surface area contributed by atoms with Crippen molar-refractivity contribution >= 4 is 33.1 Å². The van der Waals surface area contributed by atoms with Crippen LogP contribution in [0.4, 0.5) is 0 Å². The van der Waals surface area contributed by atoms with Gasteiger partial charge in [0.05, 0.1) is 6.10 Å². The zero-order chi connectivity index (χ0) is 22.1. The number of aliphatic hydroxyl groups excluding tert-OH is 1. The largest absolute Gasteiger partial charge is 0.387 e. The van der Waals surface area contributed by atoms with E-state index in [1.165, 1.54) is 51.4 Å². The standard InChI is InChI=1S/C28H38ClNO/c1-3-5-7-11-17-30(18-12-8-6-4-2)21-28(31)27-19-22-15-16-23(29)20-26(22)24-13-9-10-14-25(24)27/h9-10,13-16,19-20,28,31H,3-8,11-12,17-18,21H2,1-2H3. The first-order chi connectivity index (χ1) is 15.1. The van der Waals surface area contributed by atoms with Gasteiger partial charge in [-0.05, 0) is 71.2 Å². The van der Waals surface area contributed by atoms with Crippen LogP contribution < -0.4 is 0 Å². The molecule has 0 saturated carbocycles. The summed E-state index contributed by atoms with van der Waals surface area (Å²) in [5.41, 5.74) is 1.03. The number of hydrogen-bond acceptors (Lipinski definition) is 2. The Morgan fingerprint density at radius 2 is 1.42 bits per heavy atom. The van der Waals surface area contributed by atoms with Crippen molar-refractivity contribution < 1.29 is 5.11 Å². The normalized spacial score (nSPS) is 12.8. The minimum atomic E-state index is -0.498. The zero-order valence-electron chi connectivity index (χ0n) is 19.2. The van der Waals surface area contributed by atoms with Crippen molar-refractivity contribution in [2.75, 3.05) is 19.6 Å². The highest BCUT2D eigenvalue weighted by atomic mass is 35.5. The maximum Gasteiger partial charge on any atom is 0.0923 e. The van der Waals surface area contributed by atoms with Gasteiger partial charge in [0.25, 0.3) is 0 Å². The first kappa shape index (κ1) is 24.0. The number of benzene rings is 3. The molecule has 0 heterocycles. The van der Waals surface area contributed by atoms with E-state index in [0.29, 0.717) is 6.54 Å². The fraction of sp³-hybridized carbons (Fsp3) is 0.500. The molecule has 0 aliphatic rings. The molecule has 0 saturated heterocycles. The Hall–Kier alpha value is -1.61. The second-order valence-electron chi connectivity index (χ2n) is 8.81. The summed E-state index contributed by atoms with van der Waals surface area (Å²) in [5.74, 6) is 0. The van der Waals surface area contributed by atoms with Gasteiger partial charge in [-0.15, -0.1) is 0 Å². The molecular weight excluding hydrogens is 402 g/mol. The van der Waals surface area contributed by atoms with Gasteiger partial charge in [0, 0.05) is 11.6 Å². The van der Waals surface area contributed by atoms with Gasteiger partial charge in [-0.3, -0.25) is 0 Å². The van der Waals surface area contributed by atoms with Crippen molar-refractivity contribution in [3.8, 4) is 0 Å². The number of hydrogen-bond donors (Lipinski definition) is 1. The molecule has 3 aromatic carbocycles. The Morgan fingerprint density at radius 1 is 0.774 bits per heavy atom. The summed E-state index contributed by atoms with van der Waals surface area (Å²) in [6.45, 7) is 7.35. The Labute approximate surface area is 193 Å². The van der Waals surface area contributed by atoms with Crippen LogP contribution in [0.2, 0.25) is 5.02 Å². The van der Waals surface area contributed by atoms with Gasteiger partial charge in [0.15, 0.2) is 0 Å². The highest BCUT2D eigenvalue weighted by Gasteiger charge is 2.17. The molecule has 1 N–H and O–H groups in total. The number of fused-ring (bicyclic) bond motifs is 3. The maximum atomic E-state index is 11.3. The Morgan fingerprint density at radius 3 is 2.06 bits per heavy atom. The third-order valence-electron chi connectivity index (χ3n) is 6.30. The quantitative estimate of drug-likeness (QED) is 0.214. The molecule has 1 unspecified atom stereocenters. The van der Waals surface area contributed by atoms with Gasteiger partial charge >= 0.3 is 0 Å². The molecule has 1 atom stereocenters. The summed E-state index contributed by atoms with van der Waals surface area (Å²) < 4.78 is 0. The monoisotopic (exact) mass is 439 g/mol. The smallest absolute Gasteiger partial charge is 0.0923 e. The molecule has 0 spiro atoms. The molecule has 168 valence electrons. The first-order valence-corrected chi connectivity index (χ1v) is 12.5. The molecule has 0 bridgehead atoms. The van der Waals surface area contributed by atoms with Crippen LogP contribution in [0.25, 0.3) is 21.5 Å². The molecule has 0 fully saturated rings. The van der Waals surface area contributed by atoms with Crippen LogP contribution in [0, 0.1) is 0 Å². The average molecular weight is 440 g/mol. The van der Waals surface area contributed by atoms with Crippen LogP contribution in [0.15, 0.2) is 48.5 Å². The van der Waals surface area contributed by atoms with Gasteiger partial charge in [-0.2, -0.15) is 0 Å². The van der Waals surface area contributed by atoms with Crippen molar-refractivity contribution in [3.63, 3.8) is 0 Å². The number of aliphatic hydroxyl groups is 1. The minimum Gasteiger partial charge on any atom is -0.387 e. The van der Waals surface area contributed by atoms with Crippen LogP contribution >= 0.6 is 11.6 Å². The Kier molecular flexibility index (Phi) is 9.64. The van der Waals surface area contributed by atoms with Crippen molar-refractivity contribution in [3.05, 3.63) is 59.1 Å². The third kappa shape index (κ3) is 6.68. The van der Waals surface area contributed by atoms with E-state index in [2.05, 4.69) is 55.1 Å². The molecule has 3 aromatic rings. The predicted octanol–water partition coefficient (Wildman–Crippen LogP) is 8.14. The van der Waals surface area contributed by atoms with Crippen molar-refractivity contribution in [2.45, 2.75) is 71.3 Å². The average Bonchev–Trinajstić information content (AvgIpc) is 2.78. The van der Waals surface area contributed by atoms with E-state index in [4.69, 9.17) is 11.6 Å². The van der Waals surface area contributed by atoms with Crippen LogP contribution in [0.5, 0.6) is 0 Å². The molecule has 0 radical (unpaired) electrons. The van der Waals surface area contributed by atoms with E-state index in [9.17, 15) is 5.11 Å². The van der Waals surface area contributed by atoms with Gasteiger partial charge in [0.1, 0.15) is 0 Å². The van der Waals surface area contributed by atoms with Crippen LogP contribution in [-0.4, -0.2) is 29.6 Å². The number of rotatable bonds is 13. The number of halogens is 1. The molecule has 0 aliphatic carbocycles. The van der Waals surface area contributed by atoms with Gasteiger partial charge in [0.2, 0.25) is 0 Å². The summed E-state index contributed by atoms with van der Waals surface area (Å²) in [7, 11) is 0. The highest BCUT2D eigenvalue weighted by Crippen LogP contribution is 2.33. The zero-order valence-corrected chi connectivity index (χ0v) is 20.0. The maximum absolute atomic E-state index is 11.3. The lowest BCUT2D eigenvalue weighted by Gasteiger charge is -2.26. The Bertz CT molecular complexity index is 942. The predicted molar refractivity (Wildman–Crippen MR) is 136 cm³/mol. The van der Waals surface area contributed by atoms with E-state index < -0.39 is 6.10 Å². The van der Waals surface area contributed by atoms with E-state index >= 15 is 0 Å². The number of nitrogens with zero attached hydrogens (tertiary/aromatic N) is 1. The van der Waals surface area contributed by atoms with Crippen molar-refractivity contribution in [2.24, 2.45) is 0 Å². The fourth-order valence-electron chi connectivity index (χ4n) is 4.54. The van der Waals surface area contributed by atoms with Crippen LogP contribution in [-0.2, 0) is 0 Å². The number of unbranched alkanes of at least 4 members (excludes halogenated alkanes) is 6. The topological polar surface area (TPSA) is 23.5 Å². The highest BCUT2D eigenvalue weighted by molar-refractivity contribution is 6.31. The molecular formula is C28H38ClNO. The van der Waals surface area contributed by atoms with Gasteiger partial charge in [-0.1, -0.05) is 94.3 Å². The summed E-state index contributed by atoms with van der Waals surface area (Å²) >= 11 is 6.28. The lowest BCUT2D eigenvalue weighted by Crippen LogP contribution is -2.31. The molecule has 2 nitrogen and oxygen atoms in total. The molecule has 31 heavy (non-hydrogen) atoms. The summed E-state index contributed by atoms with van der Waals surface area (Å²) in [5, 5.41) is 16.7. The molecule has 0 amide bonds. The first-order valence-electron chi connectivity index (χ1n) is 12.1. The summed E-state index contributed by atoms with van der Waals surface area (Å²) in [6, 6.07) is 16.6. The van der Waals surface area contributed by atoms with Gasteiger partial charge < -0.3 is 10.0 Å². The molecule has 0 aliphatic heterocycles. The lowest BCUT2D eigenvalue weighted by molar-refractivity contribution is 0.111. The van der Waals surface area contributed by atoms with E-state index in [0.717, 1.165) is 45.2 Å². The summed E-state index contributed by atoms with van der Waals surface area (Å²) in [6.07, 6.45) is 9.58. The second kappa shape index (κ2) is 12.4. The molecule has 3 rings (SSSR count). The Balaban J connectivity index is 1.82. The van der Waals surface area contributed by atoms with Crippen LogP contribution in [0.3, 0.4) is 0 Å².